The van der Waals surface area contributed by atoms with Gasteiger partial charge in [-0.1, -0.05) is 17.7 Å². The fraction of sp³-hybridized carbons (Fsp3) is 0.345. The van der Waals surface area contributed by atoms with Crippen molar-refractivity contribution in [1.29, 1.82) is 0 Å². The Morgan fingerprint density at radius 2 is 2.00 bits per heavy atom. The van der Waals surface area contributed by atoms with Crippen molar-refractivity contribution in [2.75, 3.05) is 19.8 Å². The number of hydrogen-bond acceptors (Lipinski definition) is 8. The maximum atomic E-state index is 13.8. The van der Waals surface area contributed by atoms with Crippen LogP contribution in [-0.2, 0) is 19.1 Å². The largest absolute Gasteiger partial charge is 0.464 e. The topological polar surface area (TPSA) is 94.8 Å². The van der Waals surface area contributed by atoms with Crippen molar-refractivity contribution in [3.63, 3.8) is 0 Å². The van der Waals surface area contributed by atoms with E-state index in [0.29, 0.717) is 41.7 Å². The van der Waals surface area contributed by atoms with E-state index in [0.717, 1.165) is 16.1 Å². The van der Waals surface area contributed by atoms with Crippen LogP contribution < -0.4 is 10.7 Å². The van der Waals surface area contributed by atoms with Gasteiger partial charge in [0.05, 0.1) is 29.7 Å². The number of ketones is 1. The number of nitrogens with one attached hydrogen (secondary N) is 1. The van der Waals surface area contributed by atoms with Crippen LogP contribution in [0.25, 0.3) is 11.0 Å². The van der Waals surface area contributed by atoms with Gasteiger partial charge in [0.2, 0.25) is 0 Å². The molecule has 0 bridgehead atoms. The summed E-state index contributed by atoms with van der Waals surface area (Å²) in [5.74, 6) is -1.51. The number of rotatable bonds is 7. The second kappa shape index (κ2) is 10.5. The van der Waals surface area contributed by atoms with Crippen LogP contribution in [0.3, 0.4) is 0 Å². The molecule has 0 saturated carbocycles. The van der Waals surface area contributed by atoms with Crippen LogP contribution in [-0.4, -0.2) is 31.6 Å². The Morgan fingerprint density at radius 3 is 2.76 bits per heavy atom. The summed E-state index contributed by atoms with van der Waals surface area (Å²) in [5.41, 5.74) is 3.36. The Balaban J connectivity index is 1.62. The zero-order chi connectivity index (χ0) is 26.1. The molecular weight excluding hydrogens is 490 g/mol. The monoisotopic (exact) mass is 519 g/mol. The molecule has 37 heavy (non-hydrogen) atoms. The summed E-state index contributed by atoms with van der Waals surface area (Å²) < 4.78 is 16.7. The molecule has 1 aliphatic heterocycles. The second-order valence-corrected chi connectivity index (χ2v) is 10.4. The number of Topliss-reactive ketones (excluding diaryl/α,β-unsaturated/α-hetero) is 1. The van der Waals surface area contributed by atoms with Gasteiger partial charge in [0, 0.05) is 46.4 Å². The summed E-state index contributed by atoms with van der Waals surface area (Å²) in [6.07, 6.45) is 2.31. The average molecular weight is 520 g/mol. The quantitative estimate of drug-likeness (QED) is 0.343. The van der Waals surface area contributed by atoms with E-state index >= 15 is 0 Å². The molecule has 1 aliphatic carbocycles. The van der Waals surface area contributed by atoms with Gasteiger partial charge in [-0.15, -0.1) is 11.3 Å². The number of aryl methyl sites for hydroxylation is 1. The number of carbonyl (C=O) groups is 2. The van der Waals surface area contributed by atoms with Crippen molar-refractivity contribution in [3.8, 4) is 0 Å². The van der Waals surface area contributed by atoms with Gasteiger partial charge in [0.15, 0.2) is 11.2 Å². The van der Waals surface area contributed by atoms with Gasteiger partial charge in [-0.05, 0) is 50.8 Å². The Hall–Kier alpha value is -3.49. The lowest BCUT2D eigenvalue weighted by molar-refractivity contribution is -0.140. The van der Waals surface area contributed by atoms with E-state index in [-0.39, 0.29) is 41.5 Å². The number of ether oxygens (including phenoxy) is 2. The first-order valence-electron chi connectivity index (χ1n) is 12.4. The number of carbonyl (C=O) groups excluding carboxylic acids is 2. The van der Waals surface area contributed by atoms with Gasteiger partial charge in [0.1, 0.15) is 12.2 Å². The van der Waals surface area contributed by atoms with E-state index in [1.807, 2.05) is 37.4 Å². The van der Waals surface area contributed by atoms with Crippen LogP contribution in [0.2, 0.25) is 0 Å². The van der Waals surface area contributed by atoms with Gasteiger partial charge >= 0.3 is 5.97 Å². The minimum absolute atomic E-state index is 0.0440. The predicted molar refractivity (Wildman–Crippen MR) is 142 cm³/mol. The van der Waals surface area contributed by atoms with Crippen LogP contribution in [0.1, 0.15) is 54.5 Å². The molecule has 7 nitrogen and oxygen atoms in total. The molecule has 1 N–H and O–H groups in total. The van der Waals surface area contributed by atoms with E-state index in [1.54, 1.807) is 30.4 Å². The molecule has 0 amide bonds. The molecule has 0 saturated heterocycles. The van der Waals surface area contributed by atoms with E-state index in [4.69, 9.17) is 13.9 Å². The molecule has 3 heterocycles. The molecule has 5 rings (SSSR count). The van der Waals surface area contributed by atoms with Crippen molar-refractivity contribution in [3.05, 3.63) is 90.7 Å². The highest BCUT2D eigenvalue weighted by atomic mass is 32.1. The highest BCUT2D eigenvalue weighted by Gasteiger charge is 2.43. The number of fused-ring (bicyclic) bond motifs is 1. The lowest BCUT2D eigenvalue weighted by atomic mass is 9.73. The normalized spacial score (nSPS) is 19.7. The van der Waals surface area contributed by atoms with Gasteiger partial charge < -0.3 is 19.2 Å². The molecule has 3 aromatic rings. The smallest absolute Gasteiger partial charge is 0.336 e. The number of hydrogen-bond donors (Lipinski definition) is 1. The number of benzene rings is 1. The average Bonchev–Trinajstić information content (AvgIpc) is 3.41. The lowest BCUT2D eigenvalue weighted by Crippen LogP contribution is -2.37. The maximum Gasteiger partial charge on any atom is 0.336 e. The first kappa shape index (κ1) is 25.2. The first-order valence-corrected chi connectivity index (χ1v) is 13.3. The molecule has 8 heteroatoms. The zero-order valence-corrected chi connectivity index (χ0v) is 21.9. The van der Waals surface area contributed by atoms with Crippen LogP contribution in [0.5, 0.6) is 0 Å². The van der Waals surface area contributed by atoms with Gasteiger partial charge in [0.25, 0.3) is 0 Å². The predicted octanol–water partition coefficient (Wildman–Crippen LogP) is 5.10. The molecule has 0 fully saturated rings. The fourth-order valence-electron chi connectivity index (χ4n) is 5.22. The highest BCUT2D eigenvalue weighted by molar-refractivity contribution is 7.10. The molecule has 192 valence electrons. The summed E-state index contributed by atoms with van der Waals surface area (Å²) in [4.78, 5) is 42.0. The molecule has 2 aliphatic rings. The number of dihydropyridines is 1. The SMILES string of the molecule is CCOCCOC(=O)C1=C(C)NC2=C(C(=O)C[C@H](c3cccs3)C2)[C@@H]1c1coc2ccc(C)cc2c1=O. The molecule has 2 aromatic heterocycles. The third kappa shape index (κ3) is 4.79. The Kier molecular flexibility index (Phi) is 7.13. The van der Waals surface area contributed by atoms with Crippen molar-refractivity contribution in [2.45, 2.75) is 45.4 Å². The van der Waals surface area contributed by atoms with Gasteiger partial charge in [-0.3, -0.25) is 9.59 Å². The minimum atomic E-state index is -0.881. The van der Waals surface area contributed by atoms with Crippen molar-refractivity contribution in [1.82, 2.24) is 5.32 Å². The van der Waals surface area contributed by atoms with Crippen LogP contribution in [0.15, 0.2) is 73.7 Å². The summed E-state index contributed by atoms with van der Waals surface area (Å²) in [5, 5.41) is 5.74. The van der Waals surface area contributed by atoms with E-state index < -0.39 is 11.9 Å². The summed E-state index contributed by atoms with van der Waals surface area (Å²) in [7, 11) is 0. The molecule has 0 radical (unpaired) electrons. The summed E-state index contributed by atoms with van der Waals surface area (Å²) >= 11 is 1.63. The molecule has 0 unspecified atom stereocenters. The Morgan fingerprint density at radius 1 is 1.16 bits per heavy atom. The standard InChI is InChI=1S/C29H29NO6S/c1-4-34-9-10-35-29(33)25-17(3)30-21-13-18(24-6-5-11-37-24)14-22(31)27(21)26(25)20-15-36-23-8-7-16(2)12-19(23)28(20)32/h5-8,11-12,15,18,26,30H,4,9-10,13-14H2,1-3H3/t18-,26-/m1/s1. The first-order chi connectivity index (χ1) is 17.9. The Bertz CT molecular complexity index is 1480. The highest BCUT2D eigenvalue weighted by Crippen LogP contribution is 2.45. The third-order valence-electron chi connectivity index (χ3n) is 6.92. The maximum absolute atomic E-state index is 13.8. The van der Waals surface area contributed by atoms with Gasteiger partial charge in [-0.2, -0.15) is 0 Å². The molecular formula is C29H29NO6S. The fourth-order valence-corrected chi connectivity index (χ4v) is 6.05. The number of allylic oxidation sites excluding steroid dienone is 3. The van der Waals surface area contributed by atoms with Crippen LogP contribution in [0.4, 0.5) is 0 Å². The van der Waals surface area contributed by atoms with Crippen LogP contribution in [0, 0.1) is 6.92 Å². The molecule has 0 spiro atoms. The number of thiophene rings is 1. The summed E-state index contributed by atoms with van der Waals surface area (Å²) in [6.45, 7) is 6.39. The summed E-state index contributed by atoms with van der Waals surface area (Å²) in [6, 6.07) is 9.42. The third-order valence-corrected chi connectivity index (χ3v) is 7.96. The molecule has 1 aromatic carbocycles. The van der Waals surface area contributed by atoms with Crippen molar-refractivity contribution < 1.29 is 23.5 Å². The zero-order valence-electron chi connectivity index (χ0n) is 21.1. The van der Waals surface area contributed by atoms with Crippen molar-refractivity contribution >= 4 is 34.1 Å². The van der Waals surface area contributed by atoms with Crippen molar-refractivity contribution in [2.24, 2.45) is 0 Å². The van der Waals surface area contributed by atoms with E-state index in [1.165, 1.54) is 6.26 Å². The Labute approximate surface area is 218 Å². The van der Waals surface area contributed by atoms with E-state index in [9.17, 15) is 14.4 Å². The second-order valence-electron chi connectivity index (χ2n) is 9.39. The lowest BCUT2D eigenvalue weighted by Gasteiger charge is -2.36. The minimum Gasteiger partial charge on any atom is -0.464 e. The van der Waals surface area contributed by atoms with Gasteiger partial charge in [-0.25, -0.2) is 4.79 Å². The molecule has 2 atom stereocenters. The van der Waals surface area contributed by atoms with E-state index in [2.05, 4.69) is 5.32 Å². The van der Waals surface area contributed by atoms with Crippen LogP contribution >= 0.6 is 11.3 Å². The number of esters is 1.